The summed E-state index contributed by atoms with van der Waals surface area (Å²) in [6.07, 6.45) is -8.78. The van der Waals surface area contributed by atoms with Crippen LogP contribution in [0.15, 0.2) is 121 Å². The Balaban J connectivity index is 1.20. The number of nitrogens with one attached hydrogen (secondary N) is 1. The molecule has 12 heteroatoms. The molecule has 4 aromatic carbocycles. The largest absolute Gasteiger partial charge is 0.388 e. The van der Waals surface area contributed by atoms with Crippen LogP contribution in [0.2, 0.25) is 0 Å². The molecule has 292 valence electrons. The molecule has 2 N–H and O–H groups in total. The van der Waals surface area contributed by atoms with Gasteiger partial charge in [0.2, 0.25) is 5.91 Å². The van der Waals surface area contributed by atoms with Gasteiger partial charge in [0.05, 0.1) is 33.0 Å². The van der Waals surface area contributed by atoms with Gasteiger partial charge in [0.1, 0.15) is 48.8 Å². The van der Waals surface area contributed by atoms with E-state index in [0.717, 1.165) is 22.3 Å². The van der Waals surface area contributed by atoms with Crippen molar-refractivity contribution in [1.29, 1.82) is 0 Å². The summed E-state index contributed by atoms with van der Waals surface area (Å²) in [6.45, 7) is 2.35. The maximum atomic E-state index is 12.3. The van der Waals surface area contributed by atoms with Gasteiger partial charge in [-0.2, -0.15) is 0 Å². The Bertz CT molecular complexity index is 1740. The third-order valence-corrected chi connectivity index (χ3v) is 9.89. The number of rotatable bonds is 15. The minimum atomic E-state index is -1.30. The first-order valence-corrected chi connectivity index (χ1v) is 18.7. The van der Waals surface area contributed by atoms with E-state index in [1.165, 1.54) is 14.0 Å². The number of methoxy groups -OCH3 is 1. The van der Waals surface area contributed by atoms with E-state index in [0.29, 0.717) is 6.61 Å². The van der Waals surface area contributed by atoms with Crippen LogP contribution in [0.5, 0.6) is 0 Å². The van der Waals surface area contributed by atoms with Gasteiger partial charge in [0.25, 0.3) is 0 Å². The monoisotopic (exact) mass is 755 g/mol. The van der Waals surface area contributed by atoms with E-state index in [1.807, 2.05) is 121 Å². The average Bonchev–Trinajstić information content (AvgIpc) is 3.22. The lowest BCUT2D eigenvalue weighted by molar-refractivity contribution is -0.390. The van der Waals surface area contributed by atoms with Crippen molar-refractivity contribution < 1.29 is 52.5 Å². The number of hydrogen-bond donors (Lipinski definition) is 2. The third kappa shape index (κ3) is 10.0. The fraction of sp³-hybridized carbons (Fsp3) is 0.419. The lowest BCUT2D eigenvalue weighted by Gasteiger charge is -2.51. The predicted octanol–water partition coefficient (Wildman–Crippen LogP) is 4.84. The van der Waals surface area contributed by atoms with Gasteiger partial charge in [-0.05, 0) is 16.7 Å². The van der Waals surface area contributed by atoms with E-state index in [2.05, 4.69) is 5.32 Å². The third-order valence-electron chi connectivity index (χ3n) is 9.89. The highest BCUT2D eigenvalue weighted by molar-refractivity contribution is 5.73. The van der Waals surface area contributed by atoms with Crippen LogP contribution in [0.4, 0.5) is 0 Å². The highest BCUT2D eigenvalue weighted by Crippen LogP contribution is 2.39. The Morgan fingerprint density at radius 3 is 1.85 bits per heavy atom. The first-order chi connectivity index (χ1) is 27.0. The molecule has 3 fully saturated rings. The molecule has 4 aromatic rings. The molecule has 0 spiro atoms. The van der Waals surface area contributed by atoms with E-state index in [9.17, 15) is 9.90 Å². The van der Waals surface area contributed by atoms with Gasteiger partial charge >= 0.3 is 0 Å². The van der Waals surface area contributed by atoms with Crippen LogP contribution < -0.4 is 5.32 Å². The number of carbonyl (C=O) groups excluding carboxylic acids is 1. The second kappa shape index (κ2) is 19.2. The number of aliphatic hydroxyl groups is 1. The summed E-state index contributed by atoms with van der Waals surface area (Å²) in [6, 6.07) is 38.1. The van der Waals surface area contributed by atoms with Crippen molar-refractivity contribution in [2.45, 2.75) is 94.4 Å². The zero-order valence-corrected chi connectivity index (χ0v) is 31.0. The Morgan fingerprint density at radius 1 is 0.709 bits per heavy atom. The molecule has 11 atom stereocenters. The number of ether oxygens (including phenoxy) is 9. The number of benzene rings is 4. The Morgan fingerprint density at radius 2 is 1.27 bits per heavy atom. The van der Waals surface area contributed by atoms with Crippen LogP contribution in [0.1, 0.15) is 35.5 Å². The van der Waals surface area contributed by atoms with Crippen molar-refractivity contribution in [1.82, 2.24) is 5.32 Å². The Labute approximate surface area is 321 Å². The lowest BCUT2D eigenvalue weighted by Crippen LogP contribution is -2.68. The summed E-state index contributed by atoms with van der Waals surface area (Å²) in [5, 5.41) is 14.7. The second-order valence-electron chi connectivity index (χ2n) is 13.8. The van der Waals surface area contributed by atoms with Gasteiger partial charge in [0.15, 0.2) is 18.9 Å². The molecule has 1 unspecified atom stereocenters. The SMILES string of the molecule is CO[C@H]1O[C@H](COCc2ccccc2)[C@@H](O[C@H]2O[C@@H]3COC(c4ccccc4)O[C@@H]3[C@H](OCc3ccccc3)[C@H]2OCc2ccccc2)[C@H](O)[C@H]1NC(C)=O. The van der Waals surface area contributed by atoms with Crippen molar-refractivity contribution >= 4 is 5.91 Å². The minimum Gasteiger partial charge on any atom is -0.388 e. The van der Waals surface area contributed by atoms with Crippen molar-refractivity contribution in [3.63, 3.8) is 0 Å². The van der Waals surface area contributed by atoms with Gasteiger partial charge in [-0.1, -0.05) is 121 Å². The van der Waals surface area contributed by atoms with Crippen molar-refractivity contribution in [2.75, 3.05) is 20.3 Å². The zero-order chi connectivity index (χ0) is 38.0. The fourth-order valence-corrected chi connectivity index (χ4v) is 7.17. The maximum absolute atomic E-state index is 12.3. The molecule has 1 amide bonds. The summed E-state index contributed by atoms with van der Waals surface area (Å²) in [4.78, 5) is 12.3. The smallest absolute Gasteiger partial charge is 0.217 e. The van der Waals surface area contributed by atoms with Gasteiger partial charge in [-0.3, -0.25) is 4.79 Å². The first kappa shape index (κ1) is 39.2. The summed E-state index contributed by atoms with van der Waals surface area (Å²) < 4.78 is 57.9. The van der Waals surface area contributed by atoms with Gasteiger partial charge in [-0.25, -0.2) is 0 Å². The molecule has 0 radical (unpaired) electrons. The maximum Gasteiger partial charge on any atom is 0.217 e. The Kier molecular flexibility index (Phi) is 13.7. The summed E-state index contributed by atoms with van der Waals surface area (Å²) in [5.41, 5.74) is 3.73. The van der Waals surface area contributed by atoms with Gasteiger partial charge in [0, 0.05) is 19.6 Å². The first-order valence-electron chi connectivity index (χ1n) is 18.7. The number of carbonyl (C=O) groups is 1. The molecule has 0 bridgehead atoms. The van der Waals surface area contributed by atoms with Gasteiger partial charge < -0.3 is 53.1 Å². The molecule has 0 aromatic heterocycles. The minimum absolute atomic E-state index is 0.0382. The van der Waals surface area contributed by atoms with E-state index in [1.54, 1.807) is 0 Å². The van der Waals surface area contributed by atoms with Crippen LogP contribution in [-0.2, 0) is 67.2 Å². The molecule has 3 saturated heterocycles. The second-order valence-corrected chi connectivity index (χ2v) is 13.8. The van der Waals surface area contributed by atoms with Crippen LogP contribution >= 0.6 is 0 Å². The molecule has 55 heavy (non-hydrogen) atoms. The number of hydrogen-bond acceptors (Lipinski definition) is 11. The molecule has 7 rings (SSSR count). The summed E-state index contributed by atoms with van der Waals surface area (Å²) in [5.74, 6) is -0.369. The zero-order valence-electron chi connectivity index (χ0n) is 31.0. The fourth-order valence-electron chi connectivity index (χ4n) is 7.17. The van der Waals surface area contributed by atoms with Crippen molar-refractivity contribution in [3.8, 4) is 0 Å². The highest BCUT2D eigenvalue weighted by atomic mass is 16.8. The van der Waals surface area contributed by atoms with E-state index in [4.69, 9.17) is 42.6 Å². The van der Waals surface area contributed by atoms with E-state index < -0.39 is 67.6 Å². The average molecular weight is 756 g/mol. The van der Waals surface area contributed by atoms with Gasteiger partial charge in [-0.15, -0.1) is 0 Å². The van der Waals surface area contributed by atoms with Crippen LogP contribution in [-0.4, -0.2) is 92.7 Å². The molecule has 3 aliphatic rings. The summed E-state index contributed by atoms with van der Waals surface area (Å²) in [7, 11) is 1.45. The molecule has 3 aliphatic heterocycles. The number of fused-ring (bicyclic) bond motifs is 1. The summed E-state index contributed by atoms with van der Waals surface area (Å²) >= 11 is 0. The predicted molar refractivity (Wildman–Crippen MR) is 199 cm³/mol. The molecular weight excluding hydrogens is 706 g/mol. The lowest BCUT2D eigenvalue weighted by atomic mass is 9.94. The molecular formula is C43H49NO11. The molecule has 3 heterocycles. The van der Waals surface area contributed by atoms with Crippen molar-refractivity contribution in [2.24, 2.45) is 0 Å². The standard InChI is InChI=1S/C43H49NO11/c1-28(45)44-35-36(46)37(33(52-42(35)47-2)26-48-23-29-15-7-3-8-16-29)54-43-40(50-25-31-19-11-5-12-20-31)39(49-24-30-17-9-4-10-18-30)38-34(53-43)27-51-41(55-38)32-21-13-6-14-22-32/h3-22,33-43,46H,23-27H2,1-2H3,(H,44,45)/t33-,34-,35-,36-,37-,38+,39+,40-,41?,42+,43-/m1/s1. The van der Waals surface area contributed by atoms with E-state index >= 15 is 0 Å². The highest BCUT2D eigenvalue weighted by Gasteiger charge is 2.55. The normalized spacial score (nSPS) is 30.6. The molecule has 0 aliphatic carbocycles. The topological polar surface area (TPSA) is 132 Å². The quantitative estimate of drug-likeness (QED) is 0.173. The van der Waals surface area contributed by atoms with Crippen molar-refractivity contribution in [3.05, 3.63) is 144 Å². The number of amides is 1. The van der Waals surface area contributed by atoms with Crippen LogP contribution in [0.25, 0.3) is 0 Å². The van der Waals surface area contributed by atoms with Crippen LogP contribution in [0.3, 0.4) is 0 Å². The van der Waals surface area contributed by atoms with Crippen LogP contribution in [0, 0.1) is 0 Å². The number of aliphatic hydroxyl groups excluding tert-OH is 1. The Hall–Kier alpha value is -4.05. The molecule has 0 saturated carbocycles. The molecule has 12 nitrogen and oxygen atoms in total. The van der Waals surface area contributed by atoms with E-state index in [-0.39, 0.29) is 32.3 Å².